The van der Waals surface area contributed by atoms with Crippen LogP contribution < -0.4 is 10.6 Å². The molecule has 0 bridgehead atoms. The van der Waals surface area contributed by atoms with E-state index in [9.17, 15) is 0 Å². The first-order valence-corrected chi connectivity index (χ1v) is 7.97. The van der Waals surface area contributed by atoms with Crippen LogP contribution in [0.15, 0.2) is 37.2 Å². The summed E-state index contributed by atoms with van der Waals surface area (Å²) in [6.07, 6.45) is 10.3. The minimum atomic E-state index is 0.467. The van der Waals surface area contributed by atoms with Crippen LogP contribution in [-0.4, -0.2) is 29.4 Å². The van der Waals surface area contributed by atoms with E-state index in [1.54, 1.807) is 6.08 Å². The molecular formula is C16H24N3OS+. The van der Waals surface area contributed by atoms with Gasteiger partial charge in [-0.15, -0.1) is 6.58 Å². The molecule has 114 valence electrons. The number of nitrogens with two attached hydrogens (primary N) is 1. The van der Waals surface area contributed by atoms with E-state index in [4.69, 9.17) is 17.0 Å². The molecule has 4 nitrogen and oxygen atoms in total. The van der Waals surface area contributed by atoms with Crippen LogP contribution in [0.3, 0.4) is 0 Å². The number of rotatable bonds is 6. The number of piperidine rings is 1. The van der Waals surface area contributed by atoms with Crippen LogP contribution in [0.4, 0.5) is 0 Å². The van der Waals surface area contributed by atoms with Crippen molar-refractivity contribution in [1.29, 1.82) is 0 Å². The van der Waals surface area contributed by atoms with Gasteiger partial charge in [0.2, 0.25) is 0 Å². The second-order valence-electron chi connectivity index (χ2n) is 5.37. The first-order chi connectivity index (χ1) is 10.3. The molecule has 2 rings (SSSR count). The molecule has 0 spiro atoms. The second-order valence-corrected chi connectivity index (χ2v) is 5.74. The summed E-state index contributed by atoms with van der Waals surface area (Å²) in [6.45, 7) is 4.96. The largest absolute Gasteiger partial charge is 0.471 e. The van der Waals surface area contributed by atoms with Gasteiger partial charge in [0.1, 0.15) is 6.04 Å². The Labute approximate surface area is 132 Å². The first kappa shape index (κ1) is 15.9. The third-order valence-corrected chi connectivity index (χ3v) is 4.08. The number of pyridine rings is 1. The fourth-order valence-corrected chi connectivity index (χ4v) is 2.91. The highest BCUT2D eigenvalue weighted by Gasteiger charge is 2.26. The van der Waals surface area contributed by atoms with Crippen LogP contribution in [0, 0.1) is 0 Å². The van der Waals surface area contributed by atoms with Gasteiger partial charge in [-0.3, -0.25) is 4.98 Å². The van der Waals surface area contributed by atoms with Gasteiger partial charge in [-0.1, -0.05) is 12.1 Å². The molecule has 1 saturated heterocycles. The zero-order valence-electron chi connectivity index (χ0n) is 12.3. The maximum Gasteiger partial charge on any atom is 0.256 e. The second kappa shape index (κ2) is 8.74. The molecular weight excluding hydrogens is 282 g/mol. The number of hydrogen-bond donors (Lipinski definition) is 2. The SMILES string of the molecule is C=CCNC(=S)OCC[C@@H]1CCC[C@@H](c2cccnc2)[NH2+]1. The number of nitrogens with zero attached hydrogens (tertiary/aromatic N) is 1. The Morgan fingerprint density at radius 1 is 1.57 bits per heavy atom. The predicted molar refractivity (Wildman–Crippen MR) is 87.9 cm³/mol. The Hall–Kier alpha value is -1.46. The van der Waals surface area contributed by atoms with Crippen molar-refractivity contribution in [1.82, 2.24) is 10.3 Å². The molecule has 0 unspecified atom stereocenters. The zero-order chi connectivity index (χ0) is 14.9. The molecule has 1 aromatic rings. The van der Waals surface area contributed by atoms with Gasteiger partial charge in [-0.05, 0) is 31.1 Å². The Bertz CT molecular complexity index is 452. The van der Waals surface area contributed by atoms with E-state index in [1.807, 2.05) is 18.5 Å². The molecule has 5 heteroatoms. The molecule has 2 atom stereocenters. The molecule has 1 aromatic heterocycles. The minimum absolute atomic E-state index is 0.467. The third-order valence-electron chi connectivity index (χ3n) is 3.82. The predicted octanol–water partition coefficient (Wildman–Crippen LogP) is 1.71. The van der Waals surface area contributed by atoms with E-state index in [0.717, 1.165) is 6.42 Å². The first-order valence-electron chi connectivity index (χ1n) is 7.56. The molecule has 1 aliphatic heterocycles. The summed E-state index contributed by atoms with van der Waals surface area (Å²) >= 11 is 5.09. The molecule has 21 heavy (non-hydrogen) atoms. The summed E-state index contributed by atoms with van der Waals surface area (Å²) in [7, 11) is 0. The van der Waals surface area contributed by atoms with Crippen molar-refractivity contribution in [2.45, 2.75) is 37.8 Å². The summed E-state index contributed by atoms with van der Waals surface area (Å²) in [5.74, 6) is 0. The van der Waals surface area contributed by atoms with Crippen molar-refractivity contribution >= 4 is 17.4 Å². The van der Waals surface area contributed by atoms with Gasteiger partial charge in [0.15, 0.2) is 0 Å². The number of aromatic nitrogens is 1. The van der Waals surface area contributed by atoms with Crippen LogP contribution in [0.1, 0.15) is 37.3 Å². The van der Waals surface area contributed by atoms with Crippen LogP contribution >= 0.6 is 12.2 Å². The lowest BCUT2D eigenvalue weighted by Gasteiger charge is -2.27. The molecule has 1 fully saturated rings. The van der Waals surface area contributed by atoms with E-state index in [0.29, 0.717) is 30.4 Å². The lowest BCUT2D eigenvalue weighted by Crippen LogP contribution is -2.92. The molecule has 3 N–H and O–H groups in total. The van der Waals surface area contributed by atoms with Gasteiger partial charge in [0, 0.05) is 37.3 Å². The Balaban J connectivity index is 1.72. The van der Waals surface area contributed by atoms with Crippen LogP contribution in [0.5, 0.6) is 0 Å². The lowest BCUT2D eigenvalue weighted by atomic mass is 9.93. The van der Waals surface area contributed by atoms with E-state index < -0.39 is 0 Å². The number of thiocarbonyl (C=S) groups is 1. The van der Waals surface area contributed by atoms with Crippen LogP contribution in [0.2, 0.25) is 0 Å². The smallest absolute Gasteiger partial charge is 0.256 e. The average Bonchev–Trinajstić information content (AvgIpc) is 2.54. The van der Waals surface area contributed by atoms with Gasteiger partial charge in [0.25, 0.3) is 5.17 Å². The van der Waals surface area contributed by atoms with Gasteiger partial charge >= 0.3 is 0 Å². The fourth-order valence-electron chi connectivity index (χ4n) is 2.74. The third kappa shape index (κ3) is 5.44. The van der Waals surface area contributed by atoms with Crippen molar-refractivity contribution in [3.8, 4) is 0 Å². The Kier molecular flexibility index (Phi) is 6.63. The number of hydrogen-bond acceptors (Lipinski definition) is 3. The van der Waals surface area contributed by atoms with Gasteiger partial charge in [-0.2, -0.15) is 0 Å². The molecule has 0 aliphatic carbocycles. The number of ether oxygens (including phenoxy) is 1. The Morgan fingerprint density at radius 2 is 2.48 bits per heavy atom. The van der Waals surface area contributed by atoms with Crippen LogP contribution in [-0.2, 0) is 4.74 Å². The van der Waals surface area contributed by atoms with Gasteiger partial charge in [-0.25, -0.2) is 0 Å². The normalized spacial score (nSPS) is 21.5. The van der Waals surface area contributed by atoms with Gasteiger partial charge < -0.3 is 15.4 Å². The molecule has 0 amide bonds. The summed E-state index contributed by atoms with van der Waals surface area (Å²) in [6, 6.07) is 5.32. The van der Waals surface area contributed by atoms with E-state index >= 15 is 0 Å². The van der Waals surface area contributed by atoms with E-state index in [2.05, 4.69) is 28.3 Å². The van der Waals surface area contributed by atoms with E-state index in [-0.39, 0.29) is 0 Å². The zero-order valence-corrected chi connectivity index (χ0v) is 13.1. The Morgan fingerprint density at radius 3 is 3.24 bits per heavy atom. The van der Waals surface area contributed by atoms with Crippen molar-refractivity contribution in [2.75, 3.05) is 13.2 Å². The monoisotopic (exact) mass is 306 g/mol. The summed E-state index contributed by atoms with van der Waals surface area (Å²) < 4.78 is 5.53. The van der Waals surface area contributed by atoms with Crippen molar-refractivity contribution in [3.63, 3.8) is 0 Å². The van der Waals surface area contributed by atoms with Crippen LogP contribution in [0.25, 0.3) is 0 Å². The summed E-state index contributed by atoms with van der Waals surface area (Å²) in [5, 5.41) is 5.91. The molecule has 0 saturated carbocycles. The number of quaternary nitrogens is 1. The fraction of sp³-hybridized carbons (Fsp3) is 0.500. The molecule has 0 aromatic carbocycles. The minimum Gasteiger partial charge on any atom is -0.471 e. The maximum absolute atomic E-state index is 5.53. The van der Waals surface area contributed by atoms with Crippen molar-refractivity contribution in [3.05, 3.63) is 42.7 Å². The standard InChI is InChI=1S/C16H23N3OS/c1-2-9-18-16(21)20-11-8-14-6-3-7-15(19-14)13-5-4-10-17-12-13/h2,4-5,10,12,14-15,19H,1,3,6-9,11H2,(H,18,21)/p+1/t14-,15-/m0/s1. The topological polar surface area (TPSA) is 50.8 Å². The maximum atomic E-state index is 5.53. The molecule has 1 aliphatic rings. The average molecular weight is 306 g/mol. The molecule has 0 radical (unpaired) electrons. The van der Waals surface area contributed by atoms with Crippen molar-refractivity contribution in [2.24, 2.45) is 0 Å². The molecule has 2 heterocycles. The summed E-state index contributed by atoms with van der Waals surface area (Å²) in [5.41, 5.74) is 1.33. The number of nitrogens with one attached hydrogen (secondary N) is 1. The summed E-state index contributed by atoms with van der Waals surface area (Å²) in [4.78, 5) is 4.22. The quantitative estimate of drug-likeness (QED) is 0.620. The van der Waals surface area contributed by atoms with E-state index in [1.165, 1.54) is 24.8 Å². The highest BCUT2D eigenvalue weighted by Crippen LogP contribution is 2.19. The van der Waals surface area contributed by atoms with Gasteiger partial charge in [0.05, 0.1) is 12.6 Å². The lowest BCUT2D eigenvalue weighted by molar-refractivity contribution is -0.737. The van der Waals surface area contributed by atoms with Crippen molar-refractivity contribution < 1.29 is 10.1 Å². The highest BCUT2D eigenvalue weighted by atomic mass is 32.1. The highest BCUT2D eigenvalue weighted by molar-refractivity contribution is 7.80.